The minimum atomic E-state index is -3.21. The third-order valence-electron chi connectivity index (χ3n) is 2.25. The molecule has 1 rings (SSSR count). The lowest BCUT2D eigenvalue weighted by molar-refractivity contribution is 0.432. The van der Waals surface area contributed by atoms with Crippen LogP contribution in [0.2, 0.25) is 0 Å². The fourth-order valence-corrected chi connectivity index (χ4v) is 3.70. The second kappa shape index (κ2) is 4.28. The molecule has 1 heterocycles. The zero-order valence-electron chi connectivity index (χ0n) is 8.60. The molecule has 0 spiro atoms. The summed E-state index contributed by atoms with van der Waals surface area (Å²) < 4.78 is 24.9. The Hall–Kier alpha value is -0.600. The van der Waals surface area contributed by atoms with Crippen molar-refractivity contribution in [3.8, 4) is 6.07 Å². The largest absolute Gasteiger partial charge is 0.215 e. The van der Waals surface area contributed by atoms with Crippen LogP contribution in [0, 0.1) is 17.2 Å². The summed E-state index contributed by atoms with van der Waals surface area (Å²) in [7, 11) is -3.21. The highest BCUT2D eigenvalue weighted by molar-refractivity contribution is 7.89. The van der Waals surface area contributed by atoms with Gasteiger partial charge >= 0.3 is 0 Å². The molecule has 0 aromatic carbocycles. The third-order valence-corrected chi connectivity index (χ3v) is 4.49. The first kappa shape index (κ1) is 11.5. The first-order valence-corrected chi connectivity index (χ1v) is 6.47. The number of nitrogens with zero attached hydrogens (tertiary/aromatic N) is 2. The number of hydrogen-bond acceptors (Lipinski definition) is 3. The lowest BCUT2D eigenvalue weighted by Crippen LogP contribution is -2.37. The van der Waals surface area contributed by atoms with E-state index in [1.54, 1.807) is 0 Å². The van der Waals surface area contributed by atoms with Crippen LogP contribution in [0.25, 0.3) is 0 Å². The van der Waals surface area contributed by atoms with E-state index >= 15 is 0 Å². The Morgan fingerprint density at radius 3 is 2.71 bits per heavy atom. The van der Waals surface area contributed by atoms with Crippen LogP contribution in [0.3, 0.4) is 0 Å². The molecule has 4 nitrogen and oxygen atoms in total. The Kier molecular flexibility index (Phi) is 3.51. The highest BCUT2D eigenvalue weighted by Gasteiger charge is 2.34. The van der Waals surface area contributed by atoms with Crippen molar-refractivity contribution in [2.45, 2.75) is 32.7 Å². The summed E-state index contributed by atoms with van der Waals surface area (Å²) in [5, 5.41) is 8.78. The van der Waals surface area contributed by atoms with Crippen molar-refractivity contribution >= 4 is 10.0 Å². The van der Waals surface area contributed by atoms with Crippen molar-refractivity contribution < 1.29 is 8.42 Å². The van der Waals surface area contributed by atoms with Crippen molar-refractivity contribution in [3.63, 3.8) is 0 Å². The number of rotatable bonds is 3. The molecule has 0 radical (unpaired) electrons. The molecular weight excluding hydrogens is 200 g/mol. The van der Waals surface area contributed by atoms with Crippen molar-refractivity contribution in [3.05, 3.63) is 0 Å². The van der Waals surface area contributed by atoms with Gasteiger partial charge in [0.25, 0.3) is 0 Å². The van der Waals surface area contributed by atoms with E-state index in [1.165, 1.54) is 4.31 Å². The minimum Gasteiger partial charge on any atom is -0.212 e. The third kappa shape index (κ3) is 2.46. The first-order valence-electron chi connectivity index (χ1n) is 4.86. The maximum Gasteiger partial charge on any atom is 0.215 e. The highest BCUT2D eigenvalue weighted by atomic mass is 32.2. The molecule has 0 aromatic rings. The van der Waals surface area contributed by atoms with Gasteiger partial charge in [0, 0.05) is 6.54 Å². The Morgan fingerprint density at radius 2 is 2.21 bits per heavy atom. The summed E-state index contributed by atoms with van der Waals surface area (Å²) in [6.45, 7) is 4.25. The van der Waals surface area contributed by atoms with Crippen LogP contribution in [0.1, 0.15) is 26.7 Å². The number of hydrogen-bond donors (Lipinski definition) is 0. The van der Waals surface area contributed by atoms with Gasteiger partial charge in [0.05, 0.1) is 11.8 Å². The summed E-state index contributed by atoms with van der Waals surface area (Å²) in [4.78, 5) is 0. The van der Waals surface area contributed by atoms with Gasteiger partial charge in [-0.2, -0.15) is 9.57 Å². The summed E-state index contributed by atoms with van der Waals surface area (Å²) in [5.41, 5.74) is 0. The van der Waals surface area contributed by atoms with E-state index in [9.17, 15) is 8.42 Å². The predicted molar refractivity (Wildman–Crippen MR) is 54.0 cm³/mol. The maximum absolute atomic E-state index is 11.8. The number of nitriles is 1. The number of sulfonamides is 1. The lowest BCUT2D eigenvalue weighted by atomic mass is 10.2. The second-order valence-corrected chi connectivity index (χ2v) is 6.04. The van der Waals surface area contributed by atoms with E-state index in [2.05, 4.69) is 0 Å². The molecule has 0 bridgehead atoms. The van der Waals surface area contributed by atoms with Crippen molar-refractivity contribution in [2.75, 3.05) is 12.3 Å². The second-order valence-electron chi connectivity index (χ2n) is 4.07. The lowest BCUT2D eigenvalue weighted by Gasteiger charge is -2.20. The van der Waals surface area contributed by atoms with E-state index in [0.717, 1.165) is 6.42 Å². The molecule has 1 fully saturated rings. The molecule has 1 saturated heterocycles. The van der Waals surface area contributed by atoms with Gasteiger partial charge in [0.15, 0.2) is 0 Å². The molecule has 0 saturated carbocycles. The standard InChI is InChI=1S/C9H16N2O2S/c1-8(2)7-14(12,13)11-5-3-4-9(11)6-10/h8-9H,3-5,7H2,1-2H3. The summed E-state index contributed by atoms with van der Waals surface area (Å²) in [6.07, 6.45) is 1.48. The van der Waals surface area contributed by atoms with Crippen LogP contribution >= 0.6 is 0 Å². The predicted octanol–water partition coefficient (Wildman–Crippen LogP) is 0.960. The zero-order valence-corrected chi connectivity index (χ0v) is 9.42. The van der Waals surface area contributed by atoms with E-state index in [-0.39, 0.29) is 11.7 Å². The highest BCUT2D eigenvalue weighted by Crippen LogP contribution is 2.21. The molecule has 1 aliphatic heterocycles. The average Bonchev–Trinajstić information content (AvgIpc) is 2.48. The molecule has 0 aromatic heterocycles. The van der Waals surface area contributed by atoms with Crippen LogP contribution in [0.4, 0.5) is 0 Å². The van der Waals surface area contributed by atoms with Crippen LogP contribution in [-0.2, 0) is 10.0 Å². The van der Waals surface area contributed by atoms with Crippen LogP contribution in [0.5, 0.6) is 0 Å². The van der Waals surface area contributed by atoms with Gasteiger partial charge in [-0.1, -0.05) is 13.8 Å². The molecule has 0 N–H and O–H groups in total. The van der Waals surface area contributed by atoms with Gasteiger partial charge in [0.1, 0.15) is 6.04 Å². The monoisotopic (exact) mass is 216 g/mol. The van der Waals surface area contributed by atoms with E-state index in [0.29, 0.717) is 13.0 Å². The Labute approximate surface area is 85.6 Å². The average molecular weight is 216 g/mol. The normalized spacial score (nSPS) is 24.0. The molecule has 1 atom stereocenters. The van der Waals surface area contributed by atoms with E-state index in [1.807, 2.05) is 19.9 Å². The van der Waals surface area contributed by atoms with Gasteiger partial charge < -0.3 is 0 Å². The molecule has 1 unspecified atom stereocenters. The fourth-order valence-electron chi connectivity index (χ4n) is 1.72. The van der Waals surface area contributed by atoms with E-state index < -0.39 is 16.1 Å². The van der Waals surface area contributed by atoms with Crippen molar-refractivity contribution in [1.29, 1.82) is 5.26 Å². The van der Waals surface area contributed by atoms with Gasteiger partial charge in [-0.05, 0) is 18.8 Å². The van der Waals surface area contributed by atoms with Gasteiger partial charge in [-0.3, -0.25) is 0 Å². The smallest absolute Gasteiger partial charge is 0.212 e. The van der Waals surface area contributed by atoms with E-state index in [4.69, 9.17) is 5.26 Å². The van der Waals surface area contributed by atoms with Crippen molar-refractivity contribution in [1.82, 2.24) is 4.31 Å². The molecule has 80 valence electrons. The maximum atomic E-state index is 11.8. The molecule has 5 heteroatoms. The summed E-state index contributed by atoms with van der Waals surface area (Å²) in [5.74, 6) is 0.255. The quantitative estimate of drug-likeness (QED) is 0.706. The summed E-state index contributed by atoms with van der Waals surface area (Å²) in [6, 6.07) is 1.61. The van der Waals surface area contributed by atoms with Crippen LogP contribution in [0.15, 0.2) is 0 Å². The molecule has 0 amide bonds. The molecule has 0 aliphatic carbocycles. The van der Waals surface area contributed by atoms with Gasteiger partial charge in [0.2, 0.25) is 10.0 Å². The van der Waals surface area contributed by atoms with Crippen LogP contribution < -0.4 is 0 Å². The molecular formula is C9H16N2O2S. The summed E-state index contributed by atoms with van der Waals surface area (Å²) >= 11 is 0. The topological polar surface area (TPSA) is 61.2 Å². The zero-order chi connectivity index (χ0) is 10.8. The molecule has 14 heavy (non-hydrogen) atoms. The van der Waals surface area contributed by atoms with Gasteiger partial charge in [-0.15, -0.1) is 0 Å². The minimum absolute atomic E-state index is 0.111. The fraction of sp³-hybridized carbons (Fsp3) is 0.889. The van der Waals surface area contributed by atoms with Crippen LogP contribution in [-0.4, -0.2) is 31.1 Å². The molecule has 1 aliphatic rings. The SMILES string of the molecule is CC(C)CS(=O)(=O)N1CCCC1C#N. The Balaban J connectivity index is 2.78. The first-order chi connectivity index (χ1) is 6.47. The Morgan fingerprint density at radius 1 is 1.57 bits per heavy atom. The van der Waals surface area contributed by atoms with Gasteiger partial charge in [-0.25, -0.2) is 8.42 Å². The Bertz CT molecular complexity index is 329. The van der Waals surface area contributed by atoms with Crippen molar-refractivity contribution in [2.24, 2.45) is 5.92 Å².